The summed E-state index contributed by atoms with van der Waals surface area (Å²) in [5.41, 5.74) is -1.07. The lowest BCUT2D eigenvalue weighted by atomic mass is 10.1. The van der Waals surface area contributed by atoms with Crippen LogP contribution < -0.4 is 5.32 Å². The number of hydrogen-bond donors (Lipinski definition) is 1. The number of benzene rings is 1. The highest BCUT2D eigenvalue weighted by Gasteiger charge is 2.34. The van der Waals surface area contributed by atoms with Gasteiger partial charge in [-0.15, -0.1) is 23.2 Å². The monoisotopic (exact) mass is 285 g/mol. The molecule has 0 aromatic heterocycles. The molecule has 0 spiro atoms. The Kier molecular flexibility index (Phi) is 4.65. The van der Waals surface area contributed by atoms with E-state index >= 15 is 0 Å². The van der Waals surface area contributed by atoms with Crippen LogP contribution in [0.5, 0.6) is 0 Å². The molecule has 1 aromatic carbocycles. The molecule has 0 aliphatic carbocycles. The molecule has 1 aromatic rings. The second-order valence-corrected chi connectivity index (χ2v) is 3.69. The van der Waals surface area contributed by atoms with Gasteiger partial charge >= 0.3 is 6.18 Å². The highest BCUT2D eigenvalue weighted by Crippen LogP contribution is 2.37. The summed E-state index contributed by atoms with van der Waals surface area (Å²) in [6.45, 7) is 0. The van der Waals surface area contributed by atoms with Crippen LogP contribution in [0.1, 0.15) is 11.1 Å². The smallest absolute Gasteiger partial charge is 0.324 e. The molecule has 0 unspecified atom stereocenters. The largest absolute Gasteiger partial charge is 0.418 e. The van der Waals surface area contributed by atoms with Gasteiger partial charge in [0, 0.05) is 5.88 Å². The van der Waals surface area contributed by atoms with Gasteiger partial charge in [0.1, 0.15) is 5.88 Å². The van der Waals surface area contributed by atoms with Crippen molar-refractivity contribution >= 4 is 34.8 Å². The molecule has 0 radical (unpaired) electrons. The molecule has 0 aliphatic rings. The fourth-order valence-electron chi connectivity index (χ4n) is 1.27. The predicted molar refractivity (Wildman–Crippen MR) is 60.4 cm³/mol. The molecule has 1 amide bonds. The van der Waals surface area contributed by atoms with Crippen molar-refractivity contribution in [2.75, 3.05) is 11.2 Å². The second-order valence-electron chi connectivity index (χ2n) is 3.15. The van der Waals surface area contributed by atoms with E-state index in [0.717, 1.165) is 6.07 Å². The Balaban J connectivity index is 3.26. The van der Waals surface area contributed by atoms with E-state index in [4.69, 9.17) is 23.2 Å². The number of halogens is 5. The van der Waals surface area contributed by atoms with E-state index in [-0.39, 0.29) is 17.1 Å². The topological polar surface area (TPSA) is 29.1 Å². The van der Waals surface area contributed by atoms with Crippen LogP contribution in [0.15, 0.2) is 18.2 Å². The lowest BCUT2D eigenvalue weighted by Gasteiger charge is -2.16. The normalized spacial score (nSPS) is 11.4. The fourth-order valence-corrected chi connectivity index (χ4v) is 1.56. The summed E-state index contributed by atoms with van der Waals surface area (Å²) in [6, 6.07) is 3.52. The zero-order valence-corrected chi connectivity index (χ0v) is 9.96. The van der Waals surface area contributed by atoms with Gasteiger partial charge in [-0.1, -0.05) is 12.1 Å². The van der Waals surface area contributed by atoms with Crippen molar-refractivity contribution in [3.63, 3.8) is 0 Å². The molecule has 0 atom stereocenters. The summed E-state index contributed by atoms with van der Waals surface area (Å²) >= 11 is 10.8. The number of hydrogen-bond acceptors (Lipinski definition) is 1. The van der Waals surface area contributed by atoms with Crippen LogP contribution in [0.25, 0.3) is 0 Å². The Bertz CT molecular complexity index is 421. The summed E-state index contributed by atoms with van der Waals surface area (Å²) in [5, 5.41) is 2.11. The third kappa shape index (κ3) is 3.51. The van der Waals surface area contributed by atoms with Crippen LogP contribution in [0.2, 0.25) is 0 Å². The van der Waals surface area contributed by atoms with Gasteiger partial charge in [0.25, 0.3) is 0 Å². The zero-order valence-electron chi connectivity index (χ0n) is 8.44. The molecule has 94 valence electrons. The Labute approximate surface area is 106 Å². The van der Waals surface area contributed by atoms with Crippen molar-refractivity contribution in [2.24, 2.45) is 0 Å². The summed E-state index contributed by atoms with van der Waals surface area (Å²) in [6.07, 6.45) is -4.56. The van der Waals surface area contributed by atoms with Crippen LogP contribution in [-0.4, -0.2) is 11.8 Å². The Morgan fingerprint density at radius 2 is 1.94 bits per heavy atom. The van der Waals surface area contributed by atoms with E-state index in [2.05, 4.69) is 5.32 Å². The first-order chi connectivity index (χ1) is 7.90. The van der Waals surface area contributed by atoms with Gasteiger partial charge in [-0.05, 0) is 11.6 Å². The van der Waals surface area contributed by atoms with E-state index in [1.807, 2.05) is 0 Å². The Morgan fingerprint density at radius 3 is 2.41 bits per heavy atom. The standard InChI is InChI=1S/C10H8Cl2F3NO/c11-4-6-2-1-3-7(10(13,14)15)9(6)16-8(17)5-12/h1-3H,4-5H2,(H,16,17). The van der Waals surface area contributed by atoms with Crippen LogP contribution in [0, 0.1) is 0 Å². The van der Waals surface area contributed by atoms with E-state index in [1.54, 1.807) is 0 Å². The minimum Gasteiger partial charge on any atom is -0.324 e. The maximum absolute atomic E-state index is 12.7. The van der Waals surface area contributed by atoms with Crippen molar-refractivity contribution in [2.45, 2.75) is 12.1 Å². The summed E-state index contributed by atoms with van der Waals surface area (Å²) in [4.78, 5) is 11.1. The van der Waals surface area contributed by atoms with Crippen LogP contribution in [-0.2, 0) is 16.9 Å². The van der Waals surface area contributed by atoms with Crippen molar-refractivity contribution in [3.05, 3.63) is 29.3 Å². The fraction of sp³-hybridized carbons (Fsp3) is 0.300. The van der Waals surface area contributed by atoms with Gasteiger partial charge in [-0.3, -0.25) is 4.79 Å². The molecule has 17 heavy (non-hydrogen) atoms. The second kappa shape index (κ2) is 5.60. The van der Waals surface area contributed by atoms with Crippen LogP contribution >= 0.6 is 23.2 Å². The predicted octanol–water partition coefficient (Wildman–Crippen LogP) is 3.62. The number of nitrogens with one attached hydrogen (secondary N) is 1. The maximum Gasteiger partial charge on any atom is 0.418 e. The molecular formula is C10H8Cl2F3NO. The average molecular weight is 286 g/mol. The van der Waals surface area contributed by atoms with E-state index in [9.17, 15) is 18.0 Å². The first-order valence-electron chi connectivity index (χ1n) is 4.51. The molecule has 0 saturated heterocycles. The lowest BCUT2D eigenvalue weighted by molar-refractivity contribution is -0.137. The van der Waals surface area contributed by atoms with E-state index in [0.29, 0.717) is 0 Å². The van der Waals surface area contributed by atoms with Gasteiger partial charge in [-0.25, -0.2) is 0 Å². The Morgan fingerprint density at radius 1 is 1.29 bits per heavy atom. The number of alkyl halides is 5. The molecular weight excluding hydrogens is 278 g/mol. The van der Waals surface area contributed by atoms with Crippen molar-refractivity contribution in [1.82, 2.24) is 0 Å². The zero-order chi connectivity index (χ0) is 13.1. The van der Waals surface area contributed by atoms with Crippen molar-refractivity contribution < 1.29 is 18.0 Å². The summed E-state index contributed by atoms with van der Waals surface area (Å²) < 4.78 is 38.1. The number of carbonyl (C=O) groups is 1. The van der Waals surface area contributed by atoms with Crippen LogP contribution in [0.3, 0.4) is 0 Å². The number of rotatable bonds is 3. The van der Waals surface area contributed by atoms with Crippen molar-refractivity contribution in [3.8, 4) is 0 Å². The molecule has 1 N–H and O–H groups in total. The van der Waals surface area contributed by atoms with Crippen molar-refractivity contribution in [1.29, 1.82) is 0 Å². The van der Waals surface area contributed by atoms with E-state index < -0.39 is 23.5 Å². The molecule has 0 saturated carbocycles. The summed E-state index contributed by atoms with van der Waals surface area (Å²) in [5.74, 6) is -1.27. The van der Waals surface area contributed by atoms with Gasteiger partial charge in [0.2, 0.25) is 5.91 Å². The van der Waals surface area contributed by atoms with Gasteiger partial charge in [-0.2, -0.15) is 13.2 Å². The quantitative estimate of drug-likeness (QED) is 0.845. The molecule has 0 fully saturated rings. The molecule has 0 bridgehead atoms. The molecule has 0 heterocycles. The number of para-hydroxylation sites is 1. The molecule has 7 heteroatoms. The molecule has 1 rings (SSSR count). The van der Waals surface area contributed by atoms with Gasteiger partial charge < -0.3 is 5.32 Å². The number of carbonyl (C=O) groups excluding carboxylic acids is 1. The van der Waals surface area contributed by atoms with Crippen LogP contribution in [0.4, 0.5) is 18.9 Å². The van der Waals surface area contributed by atoms with E-state index in [1.165, 1.54) is 12.1 Å². The third-order valence-electron chi connectivity index (χ3n) is 1.99. The third-order valence-corrected chi connectivity index (χ3v) is 2.52. The molecule has 2 nitrogen and oxygen atoms in total. The highest BCUT2D eigenvalue weighted by atomic mass is 35.5. The number of amides is 1. The average Bonchev–Trinajstić information content (AvgIpc) is 2.27. The maximum atomic E-state index is 12.7. The first kappa shape index (κ1) is 14.1. The lowest BCUT2D eigenvalue weighted by Crippen LogP contribution is -2.18. The van der Waals surface area contributed by atoms with Gasteiger partial charge in [0.05, 0.1) is 11.3 Å². The number of anilines is 1. The minimum absolute atomic E-state index is 0.137. The highest BCUT2D eigenvalue weighted by molar-refractivity contribution is 6.29. The SMILES string of the molecule is O=C(CCl)Nc1c(CCl)cccc1C(F)(F)F. The minimum atomic E-state index is -4.56. The first-order valence-corrected chi connectivity index (χ1v) is 5.58. The van der Waals surface area contributed by atoms with Gasteiger partial charge in [0.15, 0.2) is 0 Å². The Hall–Kier alpha value is -0.940. The molecule has 0 aliphatic heterocycles. The summed E-state index contributed by atoms with van der Waals surface area (Å²) in [7, 11) is 0.